The standard InChI is InChI=1S/C12H12N2O2/c1-2-13-11(15)9-4-3-5-10-8(9)6-7-14-12(10)16/h3-7H,2H2,1H3,(H,13,15)(H,14,16). The Labute approximate surface area is 92.3 Å². The van der Waals surface area contributed by atoms with Gasteiger partial charge in [0.15, 0.2) is 0 Å². The molecule has 0 aliphatic heterocycles. The number of benzene rings is 1. The molecule has 1 heterocycles. The van der Waals surface area contributed by atoms with Crippen molar-refractivity contribution < 1.29 is 4.79 Å². The van der Waals surface area contributed by atoms with Crippen LogP contribution in [0.5, 0.6) is 0 Å². The van der Waals surface area contributed by atoms with Crippen LogP contribution in [0.2, 0.25) is 0 Å². The first-order chi connectivity index (χ1) is 7.74. The molecule has 1 aromatic carbocycles. The van der Waals surface area contributed by atoms with E-state index in [1.807, 2.05) is 6.92 Å². The van der Waals surface area contributed by atoms with Gasteiger partial charge < -0.3 is 10.3 Å². The van der Waals surface area contributed by atoms with Crippen LogP contribution < -0.4 is 10.9 Å². The Hall–Kier alpha value is -2.10. The molecule has 4 nitrogen and oxygen atoms in total. The Morgan fingerprint density at radius 3 is 2.88 bits per heavy atom. The number of nitrogens with one attached hydrogen (secondary N) is 2. The van der Waals surface area contributed by atoms with Gasteiger partial charge in [0.25, 0.3) is 11.5 Å². The highest BCUT2D eigenvalue weighted by molar-refractivity contribution is 6.06. The molecule has 0 bridgehead atoms. The molecular weight excluding hydrogens is 204 g/mol. The fourth-order valence-electron chi connectivity index (χ4n) is 1.67. The van der Waals surface area contributed by atoms with Crippen LogP contribution in [0.15, 0.2) is 35.3 Å². The van der Waals surface area contributed by atoms with E-state index in [4.69, 9.17) is 0 Å². The average Bonchev–Trinajstić information content (AvgIpc) is 2.29. The lowest BCUT2D eigenvalue weighted by atomic mass is 10.1. The third-order valence-corrected chi connectivity index (χ3v) is 2.40. The van der Waals surface area contributed by atoms with Gasteiger partial charge in [-0.25, -0.2) is 0 Å². The topological polar surface area (TPSA) is 62.0 Å². The highest BCUT2D eigenvalue weighted by Crippen LogP contribution is 2.14. The van der Waals surface area contributed by atoms with Gasteiger partial charge in [0.1, 0.15) is 0 Å². The predicted molar refractivity (Wildman–Crippen MR) is 62.6 cm³/mol. The first-order valence-corrected chi connectivity index (χ1v) is 5.12. The molecule has 2 N–H and O–H groups in total. The lowest BCUT2D eigenvalue weighted by molar-refractivity contribution is 0.0957. The summed E-state index contributed by atoms with van der Waals surface area (Å²) in [6, 6.07) is 6.87. The van der Waals surface area contributed by atoms with E-state index in [9.17, 15) is 9.59 Å². The second-order valence-electron chi connectivity index (χ2n) is 3.43. The van der Waals surface area contributed by atoms with Crippen molar-refractivity contribution in [2.75, 3.05) is 6.54 Å². The molecule has 82 valence electrons. The Balaban J connectivity index is 2.67. The number of hydrogen-bond acceptors (Lipinski definition) is 2. The number of carbonyl (C=O) groups excluding carboxylic acids is 1. The van der Waals surface area contributed by atoms with Crippen molar-refractivity contribution >= 4 is 16.7 Å². The van der Waals surface area contributed by atoms with Crippen LogP contribution in [0.1, 0.15) is 17.3 Å². The summed E-state index contributed by atoms with van der Waals surface area (Å²) in [6.45, 7) is 2.42. The Morgan fingerprint density at radius 1 is 1.31 bits per heavy atom. The van der Waals surface area contributed by atoms with Gasteiger partial charge in [-0.05, 0) is 25.1 Å². The summed E-state index contributed by atoms with van der Waals surface area (Å²) < 4.78 is 0. The summed E-state index contributed by atoms with van der Waals surface area (Å²) in [5, 5.41) is 3.93. The molecule has 0 atom stereocenters. The fourth-order valence-corrected chi connectivity index (χ4v) is 1.67. The van der Waals surface area contributed by atoms with Gasteiger partial charge in [-0.1, -0.05) is 6.07 Å². The van der Waals surface area contributed by atoms with E-state index in [0.29, 0.717) is 22.9 Å². The number of rotatable bonds is 2. The van der Waals surface area contributed by atoms with Gasteiger partial charge in [0.05, 0.1) is 0 Å². The zero-order valence-electron chi connectivity index (χ0n) is 8.91. The number of hydrogen-bond donors (Lipinski definition) is 2. The molecule has 2 aromatic rings. The molecule has 0 unspecified atom stereocenters. The van der Waals surface area contributed by atoms with E-state index in [0.717, 1.165) is 0 Å². The van der Waals surface area contributed by atoms with Gasteiger partial charge in [-0.3, -0.25) is 9.59 Å². The quantitative estimate of drug-likeness (QED) is 0.794. The third-order valence-electron chi connectivity index (χ3n) is 2.40. The van der Waals surface area contributed by atoms with Crippen LogP contribution >= 0.6 is 0 Å². The zero-order valence-corrected chi connectivity index (χ0v) is 8.91. The summed E-state index contributed by atoms with van der Waals surface area (Å²) in [5.74, 6) is -0.154. The Bertz CT molecular complexity index is 587. The minimum atomic E-state index is -0.177. The maximum Gasteiger partial charge on any atom is 0.255 e. The van der Waals surface area contributed by atoms with E-state index in [2.05, 4.69) is 10.3 Å². The predicted octanol–water partition coefficient (Wildman–Crippen LogP) is 1.28. The Morgan fingerprint density at radius 2 is 2.12 bits per heavy atom. The fraction of sp³-hybridized carbons (Fsp3) is 0.167. The van der Waals surface area contributed by atoms with Gasteiger partial charge in [0, 0.05) is 29.1 Å². The minimum absolute atomic E-state index is 0.154. The second kappa shape index (κ2) is 4.18. The Kier molecular flexibility index (Phi) is 2.72. The summed E-state index contributed by atoms with van der Waals surface area (Å²) >= 11 is 0. The molecule has 0 aliphatic carbocycles. The van der Waals surface area contributed by atoms with Gasteiger partial charge in [-0.15, -0.1) is 0 Å². The van der Waals surface area contributed by atoms with Crippen molar-refractivity contribution in [1.82, 2.24) is 10.3 Å². The smallest absolute Gasteiger partial charge is 0.255 e. The summed E-state index contributed by atoms with van der Waals surface area (Å²) in [5.41, 5.74) is 0.356. The summed E-state index contributed by atoms with van der Waals surface area (Å²) in [6.07, 6.45) is 1.55. The lowest BCUT2D eigenvalue weighted by Gasteiger charge is -2.05. The van der Waals surface area contributed by atoms with E-state index < -0.39 is 0 Å². The number of pyridine rings is 1. The molecule has 0 aliphatic rings. The SMILES string of the molecule is CCNC(=O)c1cccc2c(=O)[nH]ccc12. The molecule has 0 saturated carbocycles. The molecule has 2 rings (SSSR count). The van der Waals surface area contributed by atoms with Gasteiger partial charge in [-0.2, -0.15) is 0 Å². The van der Waals surface area contributed by atoms with Crippen molar-refractivity contribution in [2.45, 2.75) is 6.92 Å². The van der Waals surface area contributed by atoms with Crippen molar-refractivity contribution in [1.29, 1.82) is 0 Å². The highest BCUT2D eigenvalue weighted by atomic mass is 16.1. The monoisotopic (exact) mass is 216 g/mol. The number of carbonyl (C=O) groups is 1. The second-order valence-corrected chi connectivity index (χ2v) is 3.43. The number of aromatic amines is 1. The van der Waals surface area contributed by atoms with Crippen molar-refractivity contribution in [3.05, 3.63) is 46.4 Å². The van der Waals surface area contributed by atoms with Crippen LogP contribution in [0.25, 0.3) is 10.8 Å². The van der Waals surface area contributed by atoms with Crippen molar-refractivity contribution in [3.63, 3.8) is 0 Å². The maximum atomic E-state index is 11.7. The van der Waals surface area contributed by atoms with E-state index in [-0.39, 0.29) is 11.5 Å². The molecule has 1 amide bonds. The highest BCUT2D eigenvalue weighted by Gasteiger charge is 2.09. The lowest BCUT2D eigenvalue weighted by Crippen LogP contribution is -2.23. The van der Waals surface area contributed by atoms with Crippen molar-refractivity contribution in [2.24, 2.45) is 0 Å². The van der Waals surface area contributed by atoms with E-state index in [1.165, 1.54) is 0 Å². The number of aromatic nitrogens is 1. The van der Waals surface area contributed by atoms with Crippen molar-refractivity contribution in [3.8, 4) is 0 Å². The van der Waals surface area contributed by atoms with Gasteiger partial charge in [0.2, 0.25) is 0 Å². The molecule has 1 aromatic heterocycles. The maximum absolute atomic E-state index is 11.7. The van der Waals surface area contributed by atoms with Crippen LogP contribution in [-0.2, 0) is 0 Å². The number of H-pyrrole nitrogens is 1. The minimum Gasteiger partial charge on any atom is -0.352 e. The molecular formula is C12H12N2O2. The molecule has 0 fully saturated rings. The molecule has 16 heavy (non-hydrogen) atoms. The number of amides is 1. The van der Waals surface area contributed by atoms with Crippen LogP contribution in [0.4, 0.5) is 0 Å². The molecule has 4 heteroatoms. The van der Waals surface area contributed by atoms with Gasteiger partial charge >= 0.3 is 0 Å². The van der Waals surface area contributed by atoms with E-state index >= 15 is 0 Å². The van der Waals surface area contributed by atoms with Crippen LogP contribution in [-0.4, -0.2) is 17.4 Å². The molecule has 0 saturated heterocycles. The summed E-state index contributed by atoms with van der Waals surface area (Å²) in [7, 11) is 0. The molecule has 0 radical (unpaired) electrons. The normalized spacial score (nSPS) is 10.3. The summed E-state index contributed by atoms with van der Waals surface area (Å²) in [4.78, 5) is 25.9. The largest absolute Gasteiger partial charge is 0.352 e. The zero-order chi connectivity index (χ0) is 11.5. The van der Waals surface area contributed by atoms with E-state index in [1.54, 1.807) is 30.5 Å². The third kappa shape index (κ3) is 1.69. The average molecular weight is 216 g/mol. The first kappa shape index (κ1) is 10.4. The molecule has 0 spiro atoms. The number of fused-ring (bicyclic) bond motifs is 1. The van der Waals surface area contributed by atoms with Crippen LogP contribution in [0.3, 0.4) is 0 Å². The van der Waals surface area contributed by atoms with Crippen LogP contribution in [0, 0.1) is 0 Å². The first-order valence-electron chi connectivity index (χ1n) is 5.12.